The highest BCUT2D eigenvalue weighted by Gasteiger charge is 2.15. The minimum atomic E-state index is 0.0625. The highest BCUT2D eigenvalue weighted by molar-refractivity contribution is 5.79. The molecule has 3 N–H and O–H groups in total. The molecule has 1 rings (SSSR count). The van der Waals surface area contributed by atoms with E-state index in [4.69, 9.17) is 10.5 Å². The number of nitrogens with one attached hydrogen (secondary N) is 1. The molecule has 0 aromatic rings. The van der Waals surface area contributed by atoms with Crippen molar-refractivity contribution in [3.8, 4) is 0 Å². The Morgan fingerprint density at radius 2 is 2.58 bits per heavy atom. The molecule has 0 radical (unpaired) electrons. The summed E-state index contributed by atoms with van der Waals surface area (Å²) in [5.41, 5.74) is 6.36. The predicted octanol–water partition coefficient (Wildman–Crippen LogP) is -0.482. The van der Waals surface area contributed by atoms with Gasteiger partial charge in [0.2, 0.25) is 0 Å². The summed E-state index contributed by atoms with van der Waals surface area (Å²) in [6.45, 7) is 2.46. The molecule has 1 saturated heterocycles. The number of hydrogen-bond acceptors (Lipinski definition) is 4. The smallest absolute Gasteiger partial charge is 0.0978 e. The zero-order valence-electron chi connectivity index (χ0n) is 7.29. The Balaban J connectivity index is 2.52. The van der Waals surface area contributed by atoms with Crippen LogP contribution < -0.4 is 11.1 Å². The van der Waals surface area contributed by atoms with Crippen molar-refractivity contribution in [2.24, 2.45) is 10.7 Å². The number of hydrogen-bond donors (Lipinski definition) is 2. The Morgan fingerprint density at radius 1 is 1.75 bits per heavy atom. The number of aliphatic imine (C=N–C) groups is 1. The van der Waals surface area contributed by atoms with Crippen LogP contribution in [0.1, 0.15) is 0 Å². The van der Waals surface area contributed by atoms with Gasteiger partial charge in [-0.3, -0.25) is 4.99 Å². The molecular formula is C8H15N3O. The van der Waals surface area contributed by atoms with Crippen LogP contribution in [-0.4, -0.2) is 39.1 Å². The molecule has 4 nitrogen and oxygen atoms in total. The molecule has 0 aromatic heterocycles. The number of ether oxygens (including phenoxy) is 1. The second kappa shape index (κ2) is 4.90. The molecule has 0 amide bonds. The third-order valence-corrected chi connectivity index (χ3v) is 1.77. The van der Waals surface area contributed by atoms with Gasteiger partial charge in [0, 0.05) is 38.1 Å². The molecule has 0 bridgehead atoms. The maximum Gasteiger partial charge on any atom is 0.0978 e. The van der Waals surface area contributed by atoms with Gasteiger partial charge >= 0.3 is 0 Å². The minimum Gasteiger partial charge on any atom is -0.404 e. The number of nitrogens with two attached hydrogens (primary N) is 1. The van der Waals surface area contributed by atoms with E-state index in [0.717, 1.165) is 25.3 Å². The monoisotopic (exact) mass is 169 g/mol. The third kappa shape index (κ3) is 2.32. The third-order valence-electron chi connectivity index (χ3n) is 1.77. The first-order valence-electron chi connectivity index (χ1n) is 4.04. The van der Waals surface area contributed by atoms with Crippen LogP contribution in [-0.2, 0) is 4.74 Å². The standard InChI is InChI=1S/C8H15N3O/c1-10-5-7(4-9)8-6-11-2-3-12-8/h4-5,8,11H,2-3,6,9H2,1H3/b7-4+,10-5?. The Hall–Kier alpha value is -0.870. The van der Waals surface area contributed by atoms with Gasteiger partial charge in [0.15, 0.2) is 0 Å². The lowest BCUT2D eigenvalue weighted by Gasteiger charge is -2.23. The summed E-state index contributed by atoms with van der Waals surface area (Å²) < 4.78 is 5.48. The number of rotatable bonds is 2. The maximum absolute atomic E-state index is 5.48. The van der Waals surface area contributed by atoms with Crippen LogP contribution >= 0.6 is 0 Å². The van der Waals surface area contributed by atoms with Crippen molar-refractivity contribution < 1.29 is 4.74 Å². The van der Waals surface area contributed by atoms with Crippen molar-refractivity contribution in [3.05, 3.63) is 11.8 Å². The van der Waals surface area contributed by atoms with Gasteiger partial charge in [-0.2, -0.15) is 0 Å². The topological polar surface area (TPSA) is 59.6 Å². The van der Waals surface area contributed by atoms with E-state index < -0.39 is 0 Å². The molecule has 12 heavy (non-hydrogen) atoms. The fourth-order valence-corrected chi connectivity index (χ4v) is 1.16. The first-order chi connectivity index (χ1) is 5.88. The lowest BCUT2D eigenvalue weighted by molar-refractivity contribution is 0.0555. The van der Waals surface area contributed by atoms with E-state index in [0.29, 0.717) is 0 Å². The molecule has 1 heterocycles. The summed E-state index contributed by atoms with van der Waals surface area (Å²) in [5, 5.41) is 3.22. The normalized spacial score (nSPS) is 26.4. The van der Waals surface area contributed by atoms with Gasteiger partial charge in [-0.05, 0) is 0 Å². The maximum atomic E-state index is 5.48. The molecule has 0 aliphatic carbocycles. The van der Waals surface area contributed by atoms with Crippen molar-refractivity contribution in [3.63, 3.8) is 0 Å². The van der Waals surface area contributed by atoms with Gasteiger partial charge in [-0.25, -0.2) is 0 Å². The van der Waals surface area contributed by atoms with E-state index in [9.17, 15) is 0 Å². The highest BCUT2D eigenvalue weighted by Crippen LogP contribution is 2.05. The average molecular weight is 169 g/mol. The highest BCUT2D eigenvalue weighted by atomic mass is 16.5. The fraction of sp³-hybridized carbons (Fsp3) is 0.625. The van der Waals surface area contributed by atoms with Gasteiger partial charge < -0.3 is 15.8 Å². The second-order valence-corrected chi connectivity index (χ2v) is 2.62. The van der Waals surface area contributed by atoms with E-state index >= 15 is 0 Å². The zero-order valence-corrected chi connectivity index (χ0v) is 7.29. The summed E-state index contributed by atoms with van der Waals surface area (Å²) in [5.74, 6) is 0. The van der Waals surface area contributed by atoms with Gasteiger partial charge in [0.1, 0.15) is 0 Å². The van der Waals surface area contributed by atoms with E-state index in [1.807, 2.05) is 0 Å². The lowest BCUT2D eigenvalue weighted by Crippen LogP contribution is -2.40. The predicted molar refractivity (Wildman–Crippen MR) is 49.3 cm³/mol. The van der Waals surface area contributed by atoms with Crippen LogP contribution in [0.5, 0.6) is 0 Å². The lowest BCUT2D eigenvalue weighted by atomic mass is 10.1. The van der Waals surface area contributed by atoms with Crippen molar-refractivity contribution in [1.29, 1.82) is 0 Å². The molecule has 0 spiro atoms. The molecular weight excluding hydrogens is 154 g/mol. The quantitative estimate of drug-likeness (QED) is 0.549. The van der Waals surface area contributed by atoms with E-state index in [-0.39, 0.29) is 6.10 Å². The molecule has 68 valence electrons. The minimum absolute atomic E-state index is 0.0625. The number of morpholine rings is 1. The molecule has 0 aromatic carbocycles. The number of nitrogens with zero attached hydrogens (tertiary/aromatic N) is 1. The van der Waals surface area contributed by atoms with Crippen LogP contribution in [0.2, 0.25) is 0 Å². The molecule has 0 saturated carbocycles. The molecule has 1 unspecified atom stereocenters. The molecule has 1 fully saturated rings. The summed E-state index contributed by atoms with van der Waals surface area (Å²) in [7, 11) is 1.72. The van der Waals surface area contributed by atoms with E-state index in [2.05, 4.69) is 10.3 Å². The fourth-order valence-electron chi connectivity index (χ4n) is 1.16. The Labute approximate surface area is 72.5 Å². The Bertz CT molecular complexity index is 183. The Kier molecular flexibility index (Phi) is 3.76. The zero-order chi connectivity index (χ0) is 8.81. The van der Waals surface area contributed by atoms with E-state index in [1.54, 1.807) is 19.5 Å². The van der Waals surface area contributed by atoms with Crippen molar-refractivity contribution >= 4 is 6.21 Å². The van der Waals surface area contributed by atoms with Crippen molar-refractivity contribution in [2.45, 2.75) is 6.10 Å². The molecule has 4 heteroatoms. The van der Waals surface area contributed by atoms with Crippen LogP contribution in [0.3, 0.4) is 0 Å². The summed E-state index contributed by atoms with van der Waals surface area (Å²) in [4.78, 5) is 3.90. The Morgan fingerprint density at radius 3 is 3.08 bits per heavy atom. The van der Waals surface area contributed by atoms with Crippen molar-refractivity contribution in [2.75, 3.05) is 26.7 Å². The molecule has 1 aliphatic heterocycles. The average Bonchev–Trinajstić information content (AvgIpc) is 2.15. The second-order valence-electron chi connectivity index (χ2n) is 2.62. The first-order valence-corrected chi connectivity index (χ1v) is 4.04. The first kappa shape index (κ1) is 9.22. The van der Waals surface area contributed by atoms with Gasteiger partial charge in [-0.1, -0.05) is 0 Å². The molecule has 1 aliphatic rings. The SMILES string of the molecule is CN=C/C(=C\N)C1CNCCO1. The van der Waals surface area contributed by atoms with Gasteiger partial charge in [0.25, 0.3) is 0 Å². The summed E-state index contributed by atoms with van der Waals surface area (Å²) in [6, 6.07) is 0. The van der Waals surface area contributed by atoms with E-state index in [1.165, 1.54) is 0 Å². The largest absolute Gasteiger partial charge is 0.404 e. The van der Waals surface area contributed by atoms with Crippen LogP contribution in [0.15, 0.2) is 16.8 Å². The van der Waals surface area contributed by atoms with Crippen LogP contribution in [0.25, 0.3) is 0 Å². The molecule has 1 atom stereocenters. The van der Waals surface area contributed by atoms with Gasteiger partial charge in [0.05, 0.1) is 12.7 Å². The van der Waals surface area contributed by atoms with Crippen LogP contribution in [0.4, 0.5) is 0 Å². The van der Waals surface area contributed by atoms with Gasteiger partial charge in [-0.15, -0.1) is 0 Å². The van der Waals surface area contributed by atoms with Crippen molar-refractivity contribution in [1.82, 2.24) is 5.32 Å². The summed E-state index contributed by atoms with van der Waals surface area (Å²) >= 11 is 0. The van der Waals surface area contributed by atoms with Crippen LogP contribution in [0, 0.1) is 0 Å². The summed E-state index contributed by atoms with van der Waals surface area (Å²) in [6.07, 6.45) is 3.34.